The molecule has 0 aliphatic rings. The van der Waals surface area contributed by atoms with Crippen molar-refractivity contribution in [3.05, 3.63) is 65.0 Å². The Hall–Kier alpha value is -2.60. The van der Waals surface area contributed by atoms with Gasteiger partial charge in [0.1, 0.15) is 0 Å². The van der Waals surface area contributed by atoms with Gasteiger partial charge in [0.15, 0.2) is 5.16 Å². The van der Waals surface area contributed by atoms with Crippen molar-refractivity contribution >= 4 is 34.3 Å². The first kappa shape index (κ1) is 17.2. The van der Waals surface area contributed by atoms with Gasteiger partial charge < -0.3 is 5.32 Å². The van der Waals surface area contributed by atoms with Crippen LogP contribution in [0.1, 0.15) is 13.3 Å². The Bertz CT molecular complexity index is 938. The van der Waals surface area contributed by atoms with Gasteiger partial charge in [-0.2, -0.15) is 0 Å². The molecule has 0 saturated carbocycles. The largest absolute Gasteiger partial charge is 0.325 e. The summed E-state index contributed by atoms with van der Waals surface area (Å²) < 4.78 is 1.66. The van der Waals surface area contributed by atoms with Crippen LogP contribution in [0, 0.1) is 0 Å². The second kappa shape index (κ2) is 7.98. The van der Waals surface area contributed by atoms with E-state index in [-0.39, 0.29) is 17.2 Å². The highest BCUT2D eigenvalue weighted by molar-refractivity contribution is 7.99. The highest BCUT2D eigenvalue weighted by Crippen LogP contribution is 2.18. The summed E-state index contributed by atoms with van der Waals surface area (Å²) in [5, 5.41) is 4.02. The van der Waals surface area contributed by atoms with E-state index in [0.29, 0.717) is 22.6 Å². The van der Waals surface area contributed by atoms with Crippen molar-refractivity contribution in [1.82, 2.24) is 9.55 Å². The van der Waals surface area contributed by atoms with Crippen molar-refractivity contribution in [3.63, 3.8) is 0 Å². The second-order valence-electron chi connectivity index (χ2n) is 5.57. The number of hydrogen-bond donors (Lipinski definition) is 1. The molecule has 0 saturated heterocycles. The van der Waals surface area contributed by atoms with Crippen LogP contribution in [0.25, 0.3) is 10.9 Å². The lowest BCUT2D eigenvalue weighted by Gasteiger charge is -2.12. The smallest absolute Gasteiger partial charge is 0.262 e. The Kier molecular flexibility index (Phi) is 5.50. The van der Waals surface area contributed by atoms with Gasteiger partial charge in [0, 0.05) is 12.2 Å². The Labute approximate surface area is 150 Å². The molecule has 5 nitrogen and oxygen atoms in total. The molecule has 25 heavy (non-hydrogen) atoms. The molecule has 1 N–H and O–H groups in total. The molecule has 128 valence electrons. The fourth-order valence-electron chi connectivity index (χ4n) is 2.53. The number of rotatable bonds is 6. The first-order valence-electron chi connectivity index (χ1n) is 8.16. The molecule has 3 aromatic rings. The highest BCUT2D eigenvalue weighted by Gasteiger charge is 2.12. The summed E-state index contributed by atoms with van der Waals surface area (Å²) >= 11 is 1.28. The van der Waals surface area contributed by atoms with Crippen LogP contribution in [0.3, 0.4) is 0 Å². The third-order valence-electron chi connectivity index (χ3n) is 3.66. The van der Waals surface area contributed by atoms with Crippen molar-refractivity contribution in [2.75, 3.05) is 11.1 Å². The van der Waals surface area contributed by atoms with Gasteiger partial charge >= 0.3 is 0 Å². The summed E-state index contributed by atoms with van der Waals surface area (Å²) in [6.45, 7) is 2.59. The standard InChI is InChI=1S/C19H19N3O2S/c1-2-12-22-18(24)15-10-6-7-11-16(15)21-19(22)25-13-17(23)20-14-8-4-3-5-9-14/h3-11H,2,12-13H2,1H3,(H,20,23). The summed E-state index contributed by atoms with van der Waals surface area (Å²) in [7, 11) is 0. The van der Waals surface area contributed by atoms with Crippen LogP contribution in [0.15, 0.2) is 64.5 Å². The number of aromatic nitrogens is 2. The quantitative estimate of drug-likeness (QED) is 0.544. The molecular weight excluding hydrogens is 334 g/mol. The van der Waals surface area contributed by atoms with Crippen LogP contribution in [-0.4, -0.2) is 21.2 Å². The van der Waals surface area contributed by atoms with Gasteiger partial charge in [-0.1, -0.05) is 49.0 Å². The van der Waals surface area contributed by atoms with Gasteiger partial charge in [0.05, 0.1) is 16.7 Å². The number of para-hydroxylation sites is 2. The van der Waals surface area contributed by atoms with Gasteiger partial charge in [-0.25, -0.2) is 4.98 Å². The number of hydrogen-bond acceptors (Lipinski definition) is 4. The number of thioether (sulfide) groups is 1. The van der Waals surface area contributed by atoms with Gasteiger partial charge in [0.2, 0.25) is 5.91 Å². The molecule has 1 aromatic heterocycles. The number of fused-ring (bicyclic) bond motifs is 1. The van der Waals surface area contributed by atoms with Crippen molar-refractivity contribution < 1.29 is 4.79 Å². The van der Waals surface area contributed by atoms with Crippen LogP contribution in [0.5, 0.6) is 0 Å². The summed E-state index contributed by atoms with van der Waals surface area (Å²) in [5.74, 6) is 0.0743. The Balaban J connectivity index is 1.81. The minimum atomic E-state index is -0.123. The first-order valence-corrected chi connectivity index (χ1v) is 9.15. The van der Waals surface area contributed by atoms with E-state index in [9.17, 15) is 9.59 Å². The number of amides is 1. The Morgan fingerprint density at radius 2 is 1.84 bits per heavy atom. The molecule has 0 bridgehead atoms. The minimum Gasteiger partial charge on any atom is -0.325 e. The van der Waals surface area contributed by atoms with Crippen molar-refractivity contribution in [2.45, 2.75) is 25.0 Å². The Morgan fingerprint density at radius 1 is 1.12 bits per heavy atom. The van der Waals surface area contributed by atoms with Crippen LogP contribution >= 0.6 is 11.8 Å². The summed E-state index contributed by atoms with van der Waals surface area (Å²) in [6.07, 6.45) is 0.823. The van der Waals surface area contributed by atoms with E-state index in [1.54, 1.807) is 10.6 Å². The maximum Gasteiger partial charge on any atom is 0.262 e. The molecule has 1 heterocycles. The van der Waals surface area contributed by atoms with E-state index >= 15 is 0 Å². The predicted octanol–water partition coefficient (Wildman–Crippen LogP) is 3.54. The van der Waals surface area contributed by atoms with Gasteiger partial charge in [0.25, 0.3) is 5.56 Å². The van der Waals surface area contributed by atoms with Crippen molar-refractivity contribution in [3.8, 4) is 0 Å². The fourth-order valence-corrected chi connectivity index (χ4v) is 3.35. The molecule has 1 amide bonds. The molecule has 0 aliphatic heterocycles. The SMILES string of the molecule is CCCn1c(SCC(=O)Nc2ccccc2)nc2ccccc2c1=O. The molecule has 0 atom stereocenters. The van der Waals surface area contributed by atoms with E-state index < -0.39 is 0 Å². The first-order chi connectivity index (χ1) is 12.2. The third kappa shape index (κ3) is 4.09. The van der Waals surface area contributed by atoms with Gasteiger partial charge in [-0.3, -0.25) is 14.2 Å². The zero-order valence-electron chi connectivity index (χ0n) is 13.9. The average molecular weight is 353 g/mol. The zero-order valence-corrected chi connectivity index (χ0v) is 14.8. The number of carbonyl (C=O) groups excluding carboxylic acids is 1. The molecule has 0 aliphatic carbocycles. The molecule has 3 rings (SSSR count). The number of benzene rings is 2. The number of nitrogens with one attached hydrogen (secondary N) is 1. The average Bonchev–Trinajstić information content (AvgIpc) is 2.63. The topological polar surface area (TPSA) is 64.0 Å². The summed E-state index contributed by atoms with van der Waals surface area (Å²) in [5.41, 5.74) is 1.36. The van der Waals surface area contributed by atoms with Crippen LogP contribution in [0.4, 0.5) is 5.69 Å². The molecule has 0 radical (unpaired) electrons. The van der Waals surface area contributed by atoms with E-state index in [4.69, 9.17) is 0 Å². The molecule has 0 spiro atoms. The van der Waals surface area contributed by atoms with Crippen LogP contribution < -0.4 is 10.9 Å². The predicted molar refractivity (Wildman–Crippen MR) is 102 cm³/mol. The molecule has 0 fully saturated rings. The lowest BCUT2D eigenvalue weighted by Crippen LogP contribution is -2.24. The van der Waals surface area contributed by atoms with Gasteiger partial charge in [-0.05, 0) is 30.7 Å². The number of anilines is 1. The molecular formula is C19H19N3O2S. The number of carbonyl (C=O) groups is 1. The number of nitrogens with zero attached hydrogens (tertiary/aromatic N) is 2. The van der Waals surface area contributed by atoms with Crippen molar-refractivity contribution in [2.24, 2.45) is 0 Å². The lowest BCUT2D eigenvalue weighted by atomic mass is 10.2. The fraction of sp³-hybridized carbons (Fsp3) is 0.211. The van der Waals surface area contributed by atoms with E-state index in [1.807, 2.05) is 55.5 Å². The zero-order chi connectivity index (χ0) is 17.6. The highest BCUT2D eigenvalue weighted by atomic mass is 32.2. The van der Waals surface area contributed by atoms with E-state index in [1.165, 1.54) is 11.8 Å². The monoisotopic (exact) mass is 353 g/mol. The Morgan fingerprint density at radius 3 is 2.60 bits per heavy atom. The molecule has 2 aromatic carbocycles. The van der Waals surface area contributed by atoms with Crippen LogP contribution in [0.2, 0.25) is 0 Å². The van der Waals surface area contributed by atoms with Gasteiger partial charge in [-0.15, -0.1) is 0 Å². The lowest BCUT2D eigenvalue weighted by molar-refractivity contribution is -0.113. The van der Waals surface area contributed by atoms with E-state index in [2.05, 4.69) is 10.3 Å². The summed E-state index contributed by atoms with van der Waals surface area (Å²) in [4.78, 5) is 29.4. The molecule has 0 unspecified atom stereocenters. The van der Waals surface area contributed by atoms with Crippen LogP contribution in [-0.2, 0) is 11.3 Å². The normalized spacial score (nSPS) is 10.8. The summed E-state index contributed by atoms with van der Waals surface area (Å²) in [6, 6.07) is 16.6. The second-order valence-corrected chi connectivity index (χ2v) is 6.51. The van der Waals surface area contributed by atoms with E-state index in [0.717, 1.165) is 12.1 Å². The maximum atomic E-state index is 12.7. The van der Waals surface area contributed by atoms with Crippen molar-refractivity contribution in [1.29, 1.82) is 0 Å². The minimum absolute atomic E-state index is 0.0570. The third-order valence-corrected chi connectivity index (χ3v) is 4.64. The maximum absolute atomic E-state index is 12.7. The molecule has 6 heteroatoms.